The number of rotatable bonds is 41. The van der Waals surface area contributed by atoms with Gasteiger partial charge in [0.05, 0.1) is 11.5 Å². The first kappa shape index (κ1) is 48.0. The molecule has 0 spiro atoms. The normalized spacial score (nSPS) is 11.9. The molecule has 0 atom stereocenters. The molecule has 51 heavy (non-hydrogen) atoms. The first-order valence-electron chi connectivity index (χ1n) is 21.4. The maximum absolute atomic E-state index is 12.2. The van der Waals surface area contributed by atoms with E-state index in [0.29, 0.717) is 6.61 Å². The first-order valence-corrected chi connectivity index (χ1v) is 22.8. The van der Waals surface area contributed by atoms with E-state index in [0.717, 1.165) is 77.3 Å². The van der Waals surface area contributed by atoms with Gasteiger partial charge in [-0.2, -0.15) is 8.42 Å². The minimum Gasteiger partial charge on any atom is -0.396 e. The van der Waals surface area contributed by atoms with Gasteiger partial charge in [-0.05, 0) is 70.4 Å². The van der Waals surface area contributed by atoms with Crippen molar-refractivity contribution in [3.05, 3.63) is 29.8 Å². The van der Waals surface area contributed by atoms with Crippen molar-refractivity contribution in [1.82, 2.24) is 0 Å². The van der Waals surface area contributed by atoms with Crippen molar-refractivity contribution in [1.29, 1.82) is 0 Å². The molecule has 0 aromatic heterocycles. The minimum atomic E-state index is -3.63. The molecule has 0 aliphatic heterocycles. The summed E-state index contributed by atoms with van der Waals surface area (Å²) in [4.78, 5) is 0.235. The Labute approximate surface area is 315 Å². The van der Waals surface area contributed by atoms with Gasteiger partial charge in [0.15, 0.2) is 0 Å². The van der Waals surface area contributed by atoms with Gasteiger partial charge in [0.2, 0.25) is 0 Å². The van der Waals surface area contributed by atoms with Crippen LogP contribution in [0.5, 0.6) is 0 Å². The standard InChI is InChI=1S/C43H80O7S/c1-42-30-32-43(33-31-42)51(45,46)50-41-29-21-13-5-12-20-28-40-49-39-27-19-11-4-10-18-26-38-48-37-25-17-9-3-8-16-24-36-47-35-23-15-7-2-6-14-22-34-44/h30-33,44H,2-29,34-41H2,1H3. The van der Waals surface area contributed by atoms with Crippen LogP contribution in [0.3, 0.4) is 0 Å². The number of hydrogen-bond donors (Lipinski definition) is 1. The minimum absolute atomic E-state index is 0.235. The molecule has 0 bridgehead atoms. The van der Waals surface area contributed by atoms with Crippen LogP contribution in [0.4, 0.5) is 0 Å². The van der Waals surface area contributed by atoms with Crippen LogP contribution < -0.4 is 0 Å². The molecule has 1 rings (SSSR count). The predicted octanol–water partition coefficient (Wildman–Crippen LogP) is 11.7. The zero-order chi connectivity index (χ0) is 36.8. The third kappa shape index (κ3) is 33.3. The molecule has 1 aromatic rings. The molecule has 8 heteroatoms. The van der Waals surface area contributed by atoms with Gasteiger partial charge in [0.25, 0.3) is 10.1 Å². The van der Waals surface area contributed by atoms with Crippen molar-refractivity contribution in [3.63, 3.8) is 0 Å². The third-order valence-electron chi connectivity index (χ3n) is 9.58. The molecule has 7 nitrogen and oxygen atoms in total. The highest BCUT2D eigenvalue weighted by molar-refractivity contribution is 7.86. The lowest BCUT2D eigenvalue weighted by Crippen LogP contribution is -2.07. The van der Waals surface area contributed by atoms with Crippen molar-refractivity contribution in [2.24, 2.45) is 0 Å². The second-order valence-electron chi connectivity index (χ2n) is 14.5. The van der Waals surface area contributed by atoms with E-state index in [1.165, 1.54) is 148 Å². The Bertz CT molecular complexity index is 938. The second-order valence-corrected chi connectivity index (χ2v) is 16.2. The van der Waals surface area contributed by atoms with E-state index in [1.807, 2.05) is 6.92 Å². The fourth-order valence-corrected chi connectivity index (χ4v) is 7.16. The smallest absolute Gasteiger partial charge is 0.296 e. The number of unbranched alkanes of at least 4 members (excludes halogenated alkanes) is 24. The summed E-state index contributed by atoms with van der Waals surface area (Å²) in [6.45, 7) is 8.00. The summed E-state index contributed by atoms with van der Waals surface area (Å²) in [5, 5.41) is 8.79. The molecule has 1 N–H and O–H groups in total. The maximum atomic E-state index is 12.2. The molecule has 1 aromatic carbocycles. The highest BCUT2D eigenvalue weighted by Crippen LogP contribution is 2.15. The largest absolute Gasteiger partial charge is 0.396 e. The molecular weight excluding hydrogens is 661 g/mol. The Morgan fingerprint density at radius 3 is 0.941 bits per heavy atom. The highest BCUT2D eigenvalue weighted by Gasteiger charge is 2.14. The molecule has 300 valence electrons. The van der Waals surface area contributed by atoms with Crippen LogP contribution in [-0.4, -0.2) is 66.4 Å². The first-order chi connectivity index (χ1) is 25.1. The van der Waals surface area contributed by atoms with Gasteiger partial charge in [-0.1, -0.05) is 146 Å². The molecule has 0 amide bonds. The van der Waals surface area contributed by atoms with Crippen LogP contribution in [0.2, 0.25) is 0 Å². The van der Waals surface area contributed by atoms with Crippen molar-refractivity contribution in [2.75, 3.05) is 52.9 Å². The third-order valence-corrected chi connectivity index (χ3v) is 10.9. The Kier molecular flexibility index (Phi) is 35.1. The van der Waals surface area contributed by atoms with Crippen LogP contribution in [-0.2, 0) is 28.5 Å². The Morgan fingerprint density at radius 2 is 0.647 bits per heavy atom. The van der Waals surface area contributed by atoms with Gasteiger partial charge < -0.3 is 19.3 Å². The summed E-state index contributed by atoms with van der Waals surface area (Å²) in [6, 6.07) is 6.79. The highest BCUT2D eigenvalue weighted by atomic mass is 32.2. The number of aliphatic hydroxyl groups is 1. The average Bonchev–Trinajstić information content (AvgIpc) is 3.12. The second kappa shape index (κ2) is 37.3. The van der Waals surface area contributed by atoms with Crippen LogP contribution in [0, 0.1) is 6.92 Å². The van der Waals surface area contributed by atoms with Crippen LogP contribution >= 0.6 is 0 Å². The quantitative estimate of drug-likeness (QED) is 0.0528. The number of aliphatic hydroxyl groups excluding tert-OH is 1. The van der Waals surface area contributed by atoms with Crippen LogP contribution in [0.1, 0.15) is 185 Å². The van der Waals surface area contributed by atoms with E-state index >= 15 is 0 Å². The zero-order valence-electron chi connectivity index (χ0n) is 33.1. The number of ether oxygens (including phenoxy) is 3. The summed E-state index contributed by atoms with van der Waals surface area (Å²) in [5.41, 5.74) is 1.03. The summed E-state index contributed by atoms with van der Waals surface area (Å²) in [6.07, 6.45) is 34.0. The van der Waals surface area contributed by atoms with Gasteiger partial charge in [-0.15, -0.1) is 0 Å². The van der Waals surface area contributed by atoms with Crippen molar-refractivity contribution >= 4 is 10.1 Å². The van der Waals surface area contributed by atoms with Crippen molar-refractivity contribution in [2.45, 2.75) is 192 Å². The maximum Gasteiger partial charge on any atom is 0.296 e. The SMILES string of the molecule is Cc1ccc(S(=O)(=O)OCCCCCCCCCOCCCCCCCCCOCCCCCCCCCOCCCCCCCCCO)cc1. The fraction of sp³-hybridized carbons (Fsp3) is 0.860. The Morgan fingerprint density at radius 1 is 0.392 bits per heavy atom. The van der Waals surface area contributed by atoms with E-state index in [4.69, 9.17) is 23.5 Å². The average molecular weight is 741 g/mol. The topological polar surface area (TPSA) is 91.3 Å². The number of hydrogen-bond acceptors (Lipinski definition) is 7. The number of aryl methyl sites for hydroxylation is 1. The van der Waals surface area contributed by atoms with Gasteiger partial charge in [-0.3, -0.25) is 4.18 Å². The van der Waals surface area contributed by atoms with E-state index < -0.39 is 10.1 Å². The lowest BCUT2D eigenvalue weighted by molar-refractivity contribution is 0.124. The van der Waals surface area contributed by atoms with Gasteiger partial charge in [0.1, 0.15) is 0 Å². The molecular formula is C43H80O7S. The summed E-state index contributed by atoms with van der Waals surface area (Å²) < 4.78 is 47.0. The lowest BCUT2D eigenvalue weighted by Gasteiger charge is -2.07. The van der Waals surface area contributed by atoms with Gasteiger partial charge in [0, 0.05) is 46.2 Å². The Hall–Kier alpha value is -1.03. The molecule has 0 radical (unpaired) electrons. The molecule has 0 fully saturated rings. The zero-order valence-corrected chi connectivity index (χ0v) is 33.9. The van der Waals surface area contributed by atoms with E-state index in [-0.39, 0.29) is 11.5 Å². The Balaban J connectivity index is 1.66. The van der Waals surface area contributed by atoms with Crippen LogP contribution in [0.25, 0.3) is 0 Å². The lowest BCUT2D eigenvalue weighted by atomic mass is 10.1. The molecule has 0 saturated heterocycles. The van der Waals surface area contributed by atoms with Gasteiger partial charge >= 0.3 is 0 Å². The van der Waals surface area contributed by atoms with E-state index in [9.17, 15) is 8.42 Å². The summed E-state index contributed by atoms with van der Waals surface area (Å²) >= 11 is 0. The monoisotopic (exact) mass is 741 g/mol. The summed E-state index contributed by atoms with van der Waals surface area (Å²) in [5.74, 6) is 0. The number of benzene rings is 1. The fourth-order valence-electron chi connectivity index (χ4n) is 6.22. The van der Waals surface area contributed by atoms with Crippen LogP contribution in [0.15, 0.2) is 29.2 Å². The molecule has 0 aliphatic carbocycles. The van der Waals surface area contributed by atoms with Crippen molar-refractivity contribution < 1.29 is 31.9 Å². The molecule has 0 saturated carbocycles. The van der Waals surface area contributed by atoms with E-state index in [1.54, 1.807) is 24.3 Å². The van der Waals surface area contributed by atoms with Gasteiger partial charge in [-0.25, -0.2) is 0 Å². The predicted molar refractivity (Wildman–Crippen MR) is 213 cm³/mol. The molecule has 0 heterocycles. The molecule has 0 aliphatic rings. The summed E-state index contributed by atoms with van der Waals surface area (Å²) in [7, 11) is -3.63. The molecule has 0 unspecified atom stereocenters. The van der Waals surface area contributed by atoms with Crippen molar-refractivity contribution in [3.8, 4) is 0 Å². The van der Waals surface area contributed by atoms with E-state index in [2.05, 4.69) is 0 Å².